The number of thiocarbonyl (C=S) groups is 1. The number of methoxy groups -OCH3 is 1. The molecule has 0 radical (unpaired) electrons. The topological polar surface area (TPSA) is 106 Å². The number of hydrogen-bond acceptors (Lipinski definition) is 7. The molecule has 2 aliphatic heterocycles. The summed E-state index contributed by atoms with van der Waals surface area (Å²) < 4.78 is 5.30. The molecule has 5 rings (SSSR count). The van der Waals surface area contributed by atoms with Crippen LogP contribution in [-0.2, 0) is 17.9 Å². The highest BCUT2D eigenvalue weighted by Crippen LogP contribution is 2.50. The molecule has 2 aliphatic rings. The molecule has 5 N–H and O–H groups in total. The molecule has 0 aliphatic carbocycles. The largest absolute Gasteiger partial charge is 0.497 e. The number of nitrogens with two attached hydrogens (primary N) is 2. The lowest BCUT2D eigenvalue weighted by atomic mass is 9.95. The van der Waals surface area contributed by atoms with E-state index in [2.05, 4.69) is 16.3 Å². The van der Waals surface area contributed by atoms with Gasteiger partial charge in [0.15, 0.2) is 5.11 Å². The van der Waals surface area contributed by atoms with Crippen LogP contribution in [0.3, 0.4) is 0 Å². The second-order valence-electron chi connectivity index (χ2n) is 7.59. The van der Waals surface area contributed by atoms with E-state index in [-0.39, 0.29) is 0 Å². The summed E-state index contributed by atoms with van der Waals surface area (Å²) in [6.45, 7) is 1.19. The number of aromatic nitrogens is 1. The van der Waals surface area contributed by atoms with Crippen molar-refractivity contribution in [3.63, 3.8) is 0 Å². The molecule has 2 aromatic heterocycles. The van der Waals surface area contributed by atoms with Crippen molar-refractivity contribution in [3.8, 4) is 16.2 Å². The van der Waals surface area contributed by atoms with Crippen molar-refractivity contribution >= 4 is 52.0 Å². The quantitative estimate of drug-likeness (QED) is 0.484. The molecular weight excluding hydrogens is 462 g/mol. The van der Waals surface area contributed by atoms with E-state index in [0.717, 1.165) is 43.7 Å². The molecule has 1 amide bonds. The number of hydrogen-bond donors (Lipinski definition) is 3. The van der Waals surface area contributed by atoms with Gasteiger partial charge in [-0.15, -0.1) is 11.3 Å². The van der Waals surface area contributed by atoms with E-state index in [1.165, 1.54) is 11.8 Å². The molecule has 0 bridgehead atoms. The summed E-state index contributed by atoms with van der Waals surface area (Å²) in [5.74, 6) is 0.346. The number of benzene rings is 1. The average Bonchev–Trinajstić information content (AvgIpc) is 3.51. The van der Waals surface area contributed by atoms with Gasteiger partial charge >= 0.3 is 0 Å². The molecular formula is C22H21N5O2S3. The van der Waals surface area contributed by atoms with Crippen LogP contribution in [0.15, 0.2) is 46.8 Å². The summed E-state index contributed by atoms with van der Waals surface area (Å²) >= 11 is 8.71. The number of ether oxygens (including phenoxy) is 1. The van der Waals surface area contributed by atoms with Gasteiger partial charge in [0.25, 0.3) is 0 Å². The summed E-state index contributed by atoms with van der Waals surface area (Å²) in [6.07, 6.45) is 0. The van der Waals surface area contributed by atoms with Crippen LogP contribution in [0.2, 0.25) is 0 Å². The number of carbonyl (C=O) groups excluding carboxylic acids is 1. The Hall–Kier alpha value is -2.66. The lowest BCUT2D eigenvalue weighted by Crippen LogP contribution is -2.33. The maximum absolute atomic E-state index is 11.9. The minimum absolute atomic E-state index is 0.414. The van der Waals surface area contributed by atoms with Crippen molar-refractivity contribution in [3.05, 3.63) is 58.6 Å². The first-order valence-electron chi connectivity index (χ1n) is 9.97. The summed E-state index contributed by atoms with van der Waals surface area (Å²) in [4.78, 5) is 20.0. The Bertz CT molecular complexity index is 1210. The van der Waals surface area contributed by atoms with E-state index >= 15 is 0 Å². The van der Waals surface area contributed by atoms with E-state index in [9.17, 15) is 4.79 Å². The number of anilines is 1. The first kappa shape index (κ1) is 21.2. The first-order valence-corrected chi connectivity index (χ1v) is 12.1. The molecule has 7 nitrogen and oxygen atoms in total. The van der Waals surface area contributed by atoms with Gasteiger partial charge in [-0.3, -0.25) is 4.79 Å². The maximum atomic E-state index is 11.9. The minimum Gasteiger partial charge on any atom is -0.497 e. The smallest absolute Gasteiger partial charge is 0.232 e. The molecule has 10 heteroatoms. The highest BCUT2D eigenvalue weighted by molar-refractivity contribution is 8.01. The lowest BCUT2D eigenvalue weighted by molar-refractivity contribution is -0.117. The van der Waals surface area contributed by atoms with Crippen molar-refractivity contribution in [2.24, 2.45) is 11.5 Å². The van der Waals surface area contributed by atoms with Gasteiger partial charge in [-0.2, -0.15) is 0 Å². The predicted octanol–water partition coefficient (Wildman–Crippen LogP) is 3.49. The van der Waals surface area contributed by atoms with E-state index in [1.54, 1.807) is 18.4 Å². The van der Waals surface area contributed by atoms with Crippen LogP contribution in [0, 0.1) is 0 Å². The zero-order valence-corrected chi connectivity index (χ0v) is 19.7. The Morgan fingerprint density at radius 3 is 2.88 bits per heavy atom. The second kappa shape index (κ2) is 8.36. The summed E-state index contributed by atoms with van der Waals surface area (Å²) in [5.41, 5.74) is 17.0. The highest BCUT2D eigenvalue weighted by atomic mass is 32.2. The van der Waals surface area contributed by atoms with E-state index < -0.39 is 17.2 Å². The zero-order valence-electron chi connectivity index (χ0n) is 17.2. The van der Waals surface area contributed by atoms with Crippen molar-refractivity contribution in [1.29, 1.82) is 0 Å². The Labute approximate surface area is 199 Å². The van der Waals surface area contributed by atoms with Gasteiger partial charge in [0.1, 0.15) is 16.0 Å². The van der Waals surface area contributed by atoms with Crippen LogP contribution in [0.5, 0.6) is 5.75 Å². The van der Waals surface area contributed by atoms with Crippen molar-refractivity contribution < 1.29 is 9.53 Å². The normalized spacial score (nSPS) is 18.9. The number of rotatable bonds is 4. The van der Waals surface area contributed by atoms with Crippen molar-refractivity contribution in [2.45, 2.75) is 29.4 Å². The number of primary amides is 1. The number of carbonyl (C=O) groups is 1. The number of nitrogens with zero attached hydrogens (tertiary/aromatic N) is 2. The van der Waals surface area contributed by atoms with Crippen LogP contribution in [-0.4, -0.2) is 33.3 Å². The third kappa shape index (κ3) is 3.62. The minimum atomic E-state index is -0.509. The molecule has 0 spiro atoms. The Balaban J connectivity index is 1.48. The van der Waals surface area contributed by atoms with Crippen LogP contribution in [0.1, 0.15) is 22.9 Å². The van der Waals surface area contributed by atoms with Gasteiger partial charge in [-0.25, -0.2) is 4.98 Å². The van der Waals surface area contributed by atoms with Crippen LogP contribution >= 0.6 is 35.3 Å². The van der Waals surface area contributed by atoms with E-state index in [1.807, 2.05) is 35.7 Å². The molecule has 0 saturated heterocycles. The van der Waals surface area contributed by atoms with Gasteiger partial charge in [0.05, 0.1) is 25.4 Å². The molecule has 4 heterocycles. The number of thiophene rings is 1. The molecule has 1 aromatic carbocycles. The number of fused-ring (bicyclic) bond motifs is 2. The van der Waals surface area contributed by atoms with Crippen molar-refractivity contribution in [1.82, 2.24) is 9.88 Å². The third-order valence-electron chi connectivity index (χ3n) is 5.63. The van der Waals surface area contributed by atoms with E-state index in [4.69, 9.17) is 33.4 Å². The molecule has 164 valence electrons. The zero-order chi connectivity index (χ0) is 22.4. The predicted molar refractivity (Wildman–Crippen MR) is 132 cm³/mol. The van der Waals surface area contributed by atoms with Gasteiger partial charge in [-0.05, 0) is 35.8 Å². The molecule has 32 heavy (non-hydrogen) atoms. The Morgan fingerprint density at radius 1 is 1.31 bits per heavy atom. The fraction of sp³-hybridized carbons (Fsp3) is 0.227. The van der Waals surface area contributed by atoms with Crippen LogP contribution in [0.4, 0.5) is 5.69 Å². The summed E-state index contributed by atoms with van der Waals surface area (Å²) in [5, 5.41) is 6.23. The average molecular weight is 484 g/mol. The van der Waals surface area contributed by atoms with Crippen molar-refractivity contribution in [2.75, 3.05) is 12.4 Å². The van der Waals surface area contributed by atoms with Gasteiger partial charge in [-0.1, -0.05) is 23.9 Å². The fourth-order valence-electron chi connectivity index (χ4n) is 4.12. The molecule has 0 fully saturated rings. The molecule has 2 atom stereocenters. The van der Waals surface area contributed by atoms with Gasteiger partial charge < -0.3 is 26.4 Å². The fourth-order valence-corrected chi connectivity index (χ4v) is 6.35. The SMILES string of the molecule is COc1cccc(NC(=S)N2Cc3nc4c(c(-c5cccs5)c3C2)C(N)C(C(N)=O)S4)c1. The van der Waals surface area contributed by atoms with Gasteiger partial charge in [0, 0.05) is 39.9 Å². The number of thioether (sulfide) groups is 1. The first-order chi connectivity index (χ1) is 15.5. The lowest BCUT2D eigenvalue weighted by Gasteiger charge is -2.20. The van der Waals surface area contributed by atoms with Crippen LogP contribution in [0.25, 0.3) is 10.4 Å². The number of amides is 1. The second-order valence-corrected chi connectivity index (χ2v) is 10.1. The molecule has 3 aromatic rings. The number of nitrogens with one attached hydrogen (secondary N) is 1. The highest BCUT2D eigenvalue weighted by Gasteiger charge is 2.41. The summed E-state index contributed by atoms with van der Waals surface area (Å²) in [6, 6.07) is 11.3. The third-order valence-corrected chi connectivity index (χ3v) is 8.19. The number of pyridine rings is 1. The standard InChI is InChI=1S/C22H21N5O2S3/c1-29-12-5-2-4-11(8-12)25-22(30)27-9-13-14(10-27)26-21-17(16(13)15-6-3-7-31-15)18(23)19(32-21)20(24)28/h2-8,18-19H,9-10,23H2,1H3,(H2,24,28)(H,25,30). The maximum Gasteiger partial charge on any atom is 0.232 e. The monoisotopic (exact) mass is 483 g/mol. The molecule has 2 unspecified atom stereocenters. The van der Waals surface area contributed by atoms with Gasteiger partial charge in [0.2, 0.25) is 5.91 Å². The Morgan fingerprint density at radius 2 is 2.16 bits per heavy atom. The van der Waals surface area contributed by atoms with Crippen LogP contribution < -0.4 is 21.5 Å². The summed E-state index contributed by atoms with van der Waals surface area (Å²) in [7, 11) is 1.64. The Kier molecular flexibility index (Phi) is 5.54. The van der Waals surface area contributed by atoms with E-state index in [0.29, 0.717) is 18.2 Å². The molecule has 0 saturated carbocycles.